The van der Waals surface area contributed by atoms with Gasteiger partial charge in [0.25, 0.3) is 5.91 Å². The van der Waals surface area contributed by atoms with Crippen molar-refractivity contribution in [3.63, 3.8) is 0 Å². The van der Waals surface area contributed by atoms with Crippen LogP contribution in [-0.4, -0.2) is 43.0 Å². The van der Waals surface area contributed by atoms with Gasteiger partial charge in [-0.2, -0.15) is 0 Å². The van der Waals surface area contributed by atoms with Gasteiger partial charge in [-0.15, -0.1) is 0 Å². The molecule has 1 aromatic carbocycles. The number of hydrogen-bond donors (Lipinski definition) is 1. The molecule has 2 amide bonds. The molecule has 1 fully saturated rings. The number of carbonyl (C=O) groups is 2. The standard InChI is InChI=1S/C13H16N2O3/c1-15-7-8-18-11(13(15)17)9-12(16)14-10-5-3-2-4-6-10/h2-6,11H,7-9H2,1H3,(H,14,16). The third kappa shape index (κ3) is 3.07. The Hall–Kier alpha value is -1.88. The third-order valence-corrected chi connectivity index (χ3v) is 2.83. The van der Waals surface area contributed by atoms with E-state index in [-0.39, 0.29) is 18.2 Å². The van der Waals surface area contributed by atoms with Gasteiger partial charge in [0, 0.05) is 19.3 Å². The minimum atomic E-state index is -0.660. The van der Waals surface area contributed by atoms with E-state index < -0.39 is 6.10 Å². The fourth-order valence-corrected chi connectivity index (χ4v) is 1.81. The van der Waals surface area contributed by atoms with E-state index in [1.165, 1.54) is 0 Å². The molecule has 1 atom stereocenters. The van der Waals surface area contributed by atoms with Crippen LogP contribution in [0.1, 0.15) is 6.42 Å². The van der Waals surface area contributed by atoms with Crippen molar-refractivity contribution in [1.82, 2.24) is 4.90 Å². The second-order valence-corrected chi connectivity index (χ2v) is 4.24. The molecule has 1 aromatic rings. The molecule has 1 aliphatic heterocycles. The maximum Gasteiger partial charge on any atom is 0.252 e. The zero-order valence-electron chi connectivity index (χ0n) is 10.3. The number of hydrogen-bond acceptors (Lipinski definition) is 3. The van der Waals surface area contributed by atoms with Gasteiger partial charge >= 0.3 is 0 Å². The van der Waals surface area contributed by atoms with Gasteiger partial charge in [-0.3, -0.25) is 9.59 Å². The van der Waals surface area contributed by atoms with Crippen molar-refractivity contribution in [1.29, 1.82) is 0 Å². The fraction of sp³-hybridized carbons (Fsp3) is 0.385. The Kier molecular flexibility index (Phi) is 3.94. The van der Waals surface area contributed by atoms with Gasteiger partial charge in [-0.1, -0.05) is 18.2 Å². The van der Waals surface area contributed by atoms with Crippen LogP contribution in [0.4, 0.5) is 5.69 Å². The first-order chi connectivity index (χ1) is 8.66. The quantitative estimate of drug-likeness (QED) is 0.863. The molecular formula is C13H16N2O3. The third-order valence-electron chi connectivity index (χ3n) is 2.83. The van der Waals surface area contributed by atoms with E-state index in [0.717, 1.165) is 5.69 Å². The lowest BCUT2D eigenvalue weighted by Crippen LogP contribution is -2.46. The molecule has 18 heavy (non-hydrogen) atoms. The van der Waals surface area contributed by atoms with Crippen LogP contribution in [0.2, 0.25) is 0 Å². The number of morpholine rings is 1. The predicted octanol–water partition coefficient (Wildman–Crippen LogP) is 0.872. The van der Waals surface area contributed by atoms with Crippen molar-refractivity contribution < 1.29 is 14.3 Å². The first-order valence-electron chi connectivity index (χ1n) is 5.88. The van der Waals surface area contributed by atoms with E-state index >= 15 is 0 Å². The zero-order chi connectivity index (χ0) is 13.0. The van der Waals surface area contributed by atoms with Gasteiger partial charge < -0.3 is 15.0 Å². The molecule has 1 heterocycles. The second-order valence-electron chi connectivity index (χ2n) is 4.24. The van der Waals surface area contributed by atoms with Crippen molar-refractivity contribution in [2.75, 3.05) is 25.5 Å². The molecule has 2 rings (SSSR count). The van der Waals surface area contributed by atoms with Crippen molar-refractivity contribution in [3.05, 3.63) is 30.3 Å². The van der Waals surface area contributed by atoms with Crippen molar-refractivity contribution in [3.8, 4) is 0 Å². The Balaban J connectivity index is 1.89. The summed E-state index contributed by atoms with van der Waals surface area (Å²) in [5.41, 5.74) is 0.721. The summed E-state index contributed by atoms with van der Waals surface area (Å²) in [4.78, 5) is 25.1. The number of amides is 2. The first-order valence-corrected chi connectivity index (χ1v) is 5.88. The monoisotopic (exact) mass is 248 g/mol. The molecule has 1 N–H and O–H groups in total. The predicted molar refractivity (Wildman–Crippen MR) is 67.1 cm³/mol. The highest BCUT2D eigenvalue weighted by molar-refractivity contribution is 5.95. The Bertz CT molecular complexity index is 433. The average Bonchev–Trinajstić information content (AvgIpc) is 2.36. The van der Waals surface area contributed by atoms with Gasteiger partial charge in [0.2, 0.25) is 5.91 Å². The highest BCUT2D eigenvalue weighted by atomic mass is 16.5. The minimum Gasteiger partial charge on any atom is -0.366 e. The van der Waals surface area contributed by atoms with Crippen LogP contribution < -0.4 is 5.32 Å². The van der Waals surface area contributed by atoms with Crippen LogP contribution in [0.15, 0.2) is 30.3 Å². The molecule has 0 aliphatic carbocycles. The first kappa shape index (κ1) is 12.6. The molecule has 1 unspecified atom stereocenters. The SMILES string of the molecule is CN1CCOC(CC(=O)Nc2ccccc2)C1=O. The Labute approximate surface area is 106 Å². The number of likely N-dealkylation sites (N-methyl/N-ethyl adjacent to an activating group) is 1. The summed E-state index contributed by atoms with van der Waals surface area (Å²) in [6.07, 6.45) is -0.606. The van der Waals surface area contributed by atoms with Crippen LogP contribution in [0, 0.1) is 0 Å². The molecule has 1 aliphatic rings. The Morgan fingerprint density at radius 1 is 1.44 bits per heavy atom. The van der Waals surface area contributed by atoms with Gasteiger partial charge in [-0.25, -0.2) is 0 Å². The van der Waals surface area contributed by atoms with Crippen molar-refractivity contribution in [2.24, 2.45) is 0 Å². The lowest BCUT2D eigenvalue weighted by Gasteiger charge is -2.29. The summed E-state index contributed by atoms with van der Waals surface area (Å²) in [6.45, 7) is 1.06. The summed E-state index contributed by atoms with van der Waals surface area (Å²) in [7, 11) is 1.72. The highest BCUT2D eigenvalue weighted by Gasteiger charge is 2.29. The van der Waals surface area contributed by atoms with Gasteiger partial charge in [0.15, 0.2) is 0 Å². The van der Waals surface area contributed by atoms with E-state index in [9.17, 15) is 9.59 Å². The Morgan fingerprint density at radius 3 is 2.89 bits per heavy atom. The number of rotatable bonds is 3. The summed E-state index contributed by atoms with van der Waals surface area (Å²) in [5.74, 6) is -0.348. The summed E-state index contributed by atoms with van der Waals surface area (Å²) < 4.78 is 5.32. The molecule has 5 nitrogen and oxygen atoms in total. The number of anilines is 1. The lowest BCUT2D eigenvalue weighted by atomic mass is 10.2. The lowest BCUT2D eigenvalue weighted by molar-refractivity contribution is -0.153. The molecule has 0 aromatic heterocycles. The number of benzene rings is 1. The Morgan fingerprint density at radius 2 is 2.17 bits per heavy atom. The molecule has 0 spiro atoms. The molecular weight excluding hydrogens is 232 g/mol. The molecule has 96 valence electrons. The van der Waals surface area contributed by atoms with Crippen LogP contribution >= 0.6 is 0 Å². The topological polar surface area (TPSA) is 58.6 Å². The van der Waals surface area contributed by atoms with E-state index in [4.69, 9.17) is 4.74 Å². The molecule has 1 saturated heterocycles. The average molecular weight is 248 g/mol. The highest BCUT2D eigenvalue weighted by Crippen LogP contribution is 2.11. The maximum atomic E-state index is 11.8. The number of carbonyl (C=O) groups excluding carboxylic acids is 2. The van der Waals surface area contributed by atoms with E-state index in [0.29, 0.717) is 13.2 Å². The summed E-state index contributed by atoms with van der Waals surface area (Å²) in [5, 5.41) is 2.73. The van der Waals surface area contributed by atoms with Crippen LogP contribution in [-0.2, 0) is 14.3 Å². The largest absolute Gasteiger partial charge is 0.366 e. The minimum absolute atomic E-state index is 0.0536. The van der Waals surface area contributed by atoms with Crippen molar-refractivity contribution >= 4 is 17.5 Å². The van der Waals surface area contributed by atoms with Crippen LogP contribution in [0.3, 0.4) is 0 Å². The fourth-order valence-electron chi connectivity index (χ4n) is 1.81. The van der Waals surface area contributed by atoms with E-state index in [1.54, 1.807) is 24.1 Å². The van der Waals surface area contributed by atoms with E-state index in [2.05, 4.69) is 5.32 Å². The summed E-state index contributed by atoms with van der Waals surface area (Å²) >= 11 is 0. The second kappa shape index (κ2) is 5.64. The van der Waals surface area contributed by atoms with Crippen molar-refractivity contribution in [2.45, 2.75) is 12.5 Å². The van der Waals surface area contributed by atoms with E-state index in [1.807, 2.05) is 18.2 Å². The van der Waals surface area contributed by atoms with Gasteiger partial charge in [0.05, 0.1) is 13.0 Å². The molecule has 0 saturated carbocycles. The number of nitrogens with one attached hydrogen (secondary N) is 1. The summed E-state index contributed by atoms with van der Waals surface area (Å²) in [6, 6.07) is 9.15. The molecule has 0 radical (unpaired) electrons. The van der Waals surface area contributed by atoms with Gasteiger partial charge in [0.1, 0.15) is 6.10 Å². The van der Waals surface area contributed by atoms with Gasteiger partial charge in [-0.05, 0) is 12.1 Å². The smallest absolute Gasteiger partial charge is 0.252 e. The zero-order valence-corrected chi connectivity index (χ0v) is 10.3. The molecule has 5 heteroatoms. The normalized spacial score (nSPS) is 19.7. The number of para-hydroxylation sites is 1. The van der Waals surface area contributed by atoms with Crippen LogP contribution in [0.5, 0.6) is 0 Å². The maximum absolute atomic E-state index is 11.8. The number of ether oxygens (including phenoxy) is 1. The molecule has 0 bridgehead atoms. The van der Waals surface area contributed by atoms with Crippen LogP contribution in [0.25, 0.3) is 0 Å². The number of nitrogens with zero attached hydrogens (tertiary/aromatic N) is 1.